The van der Waals surface area contributed by atoms with Crippen molar-refractivity contribution in [2.75, 3.05) is 13.1 Å². The Morgan fingerprint density at radius 3 is 2.36 bits per heavy atom. The van der Waals surface area contributed by atoms with Crippen molar-refractivity contribution in [2.24, 2.45) is 0 Å². The average Bonchev–Trinajstić information content (AvgIpc) is 2.93. The highest BCUT2D eigenvalue weighted by atomic mass is 16.2. The van der Waals surface area contributed by atoms with Crippen molar-refractivity contribution in [1.29, 1.82) is 0 Å². The number of benzene rings is 1. The van der Waals surface area contributed by atoms with E-state index in [0.717, 1.165) is 5.52 Å². The van der Waals surface area contributed by atoms with E-state index in [1.165, 1.54) is 0 Å². The summed E-state index contributed by atoms with van der Waals surface area (Å²) in [6.45, 7) is 8.88. The Bertz CT molecular complexity index is 788. The van der Waals surface area contributed by atoms with Crippen molar-refractivity contribution in [1.82, 2.24) is 14.8 Å². The van der Waals surface area contributed by atoms with Crippen LogP contribution < -0.4 is 5.32 Å². The van der Waals surface area contributed by atoms with Crippen LogP contribution in [0, 0.1) is 0 Å². The molecule has 1 heterocycles. The first-order valence-corrected chi connectivity index (χ1v) is 8.59. The molecule has 0 spiro atoms. The van der Waals surface area contributed by atoms with Gasteiger partial charge in [0.2, 0.25) is 5.91 Å². The van der Waals surface area contributed by atoms with Crippen LogP contribution in [0.2, 0.25) is 0 Å². The Morgan fingerprint density at radius 2 is 1.76 bits per heavy atom. The summed E-state index contributed by atoms with van der Waals surface area (Å²) in [5, 5.41) is 3.30. The van der Waals surface area contributed by atoms with Gasteiger partial charge in [-0.2, -0.15) is 0 Å². The van der Waals surface area contributed by atoms with Gasteiger partial charge in [0.1, 0.15) is 6.54 Å². The highest BCUT2D eigenvalue weighted by molar-refractivity contribution is 6.45. The second-order valence-electron chi connectivity index (χ2n) is 6.21. The Labute approximate surface area is 147 Å². The lowest BCUT2D eigenvalue weighted by atomic mass is 10.1. The Balaban J connectivity index is 2.39. The van der Waals surface area contributed by atoms with E-state index in [1.54, 1.807) is 35.6 Å². The molecule has 0 saturated heterocycles. The van der Waals surface area contributed by atoms with Crippen LogP contribution in [0.5, 0.6) is 0 Å². The van der Waals surface area contributed by atoms with E-state index in [2.05, 4.69) is 5.32 Å². The summed E-state index contributed by atoms with van der Waals surface area (Å²) in [5.74, 6) is -1.23. The van der Waals surface area contributed by atoms with Crippen molar-refractivity contribution >= 4 is 28.5 Å². The van der Waals surface area contributed by atoms with E-state index in [0.29, 0.717) is 24.0 Å². The third-order valence-corrected chi connectivity index (χ3v) is 4.08. The molecule has 0 bridgehead atoms. The molecule has 25 heavy (non-hydrogen) atoms. The molecular formula is C19H25N3O3. The number of ketones is 1. The van der Waals surface area contributed by atoms with E-state index in [4.69, 9.17) is 0 Å². The predicted octanol–water partition coefficient (Wildman–Crippen LogP) is 2.22. The molecule has 0 fully saturated rings. The Hall–Kier alpha value is -2.63. The maximum Gasteiger partial charge on any atom is 0.292 e. The zero-order chi connectivity index (χ0) is 18.6. The lowest BCUT2D eigenvalue weighted by Gasteiger charge is -2.19. The maximum absolute atomic E-state index is 12.5. The van der Waals surface area contributed by atoms with Gasteiger partial charge in [0, 0.05) is 36.2 Å². The topological polar surface area (TPSA) is 71.4 Å². The summed E-state index contributed by atoms with van der Waals surface area (Å²) in [6.07, 6.45) is 1.61. The number of Topliss-reactive ketones (excluding diaryl/α,β-unsaturated/α-hetero) is 1. The summed E-state index contributed by atoms with van der Waals surface area (Å²) in [4.78, 5) is 38.8. The van der Waals surface area contributed by atoms with Crippen molar-refractivity contribution in [3.63, 3.8) is 0 Å². The third kappa shape index (κ3) is 4.07. The first-order chi connectivity index (χ1) is 11.9. The minimum Gasteiger partial charge on any atom is -0.347 e. The predicted molar refractivity (Wildman–Crippen MR) is 97.5 cm³/mol. The lowest BCUT2D eigenvalue weighted by molar-refractivity contribution is -0.131. The summed E-state index contributed by atoms with van der Waals surface area (Å²) >= 11 is 0. The van der Waals surface area contributed by atoms with Crippen LogP contribution in [-0.4, -0.2) is 46.2 Å². The molecule has 134 valence electrons. The molecule has 1 N–H and O–H groups in total. The fourth-order valence-electron chi connectivity index (χ4n) is 2.83. The number of nitrogens with one attached hydrogen (secondary N) is 1. The fourth-order valence-corrected chi connectivity index (χ4v) is 2.83. The highest BCUT2D eigenvalue weighted by Gasteiger charge is 2.23. The van der Waals surface area contributed by atoms with Crippen molar-refractivity contribution in [3.05, 3.63) is 36.0 Å². The number of para-hydroxylation sites is 1. The molecule has 6 nitrogen and oxygen atoms in total. The normalized spacial score (nSPS) is 10.9. The number of carbonyl (C=O) groups is 3. The monoisotopic (exact) mass is 343 g/mol. The zero-order valence-corrected chi connectivity index (χ0v) is 15.2. The van der Waals surface area contributed by atoms with E-state index in [1.807, 2.05) is 32.0 Å². The third-order valence-electron chi connectivity index (χ3n) is 4.08. The first-order valence-electron chi connectivity index (χ1n) is 8.59. The van der Waals surface area contributed by atoms with Crippen LogP contribution in [0.15, 0.2) is 30.5 Å². The van der Waals surface area contributed by atoms with Gasteiger partial charge in [-0.15, -0.1) is 0 Å². The minimum absolute atomic E-state index is 0.0172. The van der Waals surface area contributed by atoms with Crippen molar-refractivity contribution < 1.29 is 14.4 Å². The van der Waals surface area contributed by atoms with Crippen molar-refractivity contribution in [3.8, 4) is 0 Å². The van der Waals surface area contributed by atoms with E-state index < -0.39 is 11.7 Å². The van der Waals surface area contributed by atoms with Gasteiger partial charge in [0.15, 0.2) is 0 Å². The number of hydrogen-bond donors (Lipinski definition) is 1. The van der Waals surface area contributed by atoms with Crippen LogP contribution in [0.4, 0.5) is 0 Å². The maximum atomic E-state index is 12.5. The smallest absolute Gasteiger partial charge is 0.292 e. The van der Waals surface area contributed by atoms with Crippen LogP contribution in [-0.2, 0) is 16.1 Å². The number of hydrogen-bond acceptors (Lipinski definition) is 3. The molecule has 0 unspecified atom stereocenters. The molecule has 1 aromatic carbocycles. The quantitative estimate of drug-likeness (QED) is 0.619. The molecule has 0 saturated carbocycles. The second-order valence-corrected chi connectivity index (χ2v) is 6.21. The average molecular weight is 343 g/mol. The molecule has 0 aliphatic carbocycles. The molecule has 0 atom stereocenters. The number of carbonyl (C=O) groups excluding carboxylic acids is 3. The van der Waals surface area contributed by atoms with E-state index in [-0.39, 0.29) is 18.5 Å². The number of nitrogens with zero attached hydrogens (tertiary/aromatic N) is 2. The summed E-state index contributed by atoms with van der Waals surface area (Å²) in [7, 11) is 0. The Kier molecular flexibility index (Phi) is 5.96. The molecule has 0 aliphatic rings. The standard InChI is InChI=1S/C19H25N3O3/c1-5-21(6-2)17(23)12-22-11-15(14-9-7-8-10-16(14)22)18(24)19(25)20-13(3)4/h7-11,13H,5-6,12H2,1-4H3,(H,20,25). The minimum atomic E-state index is -0.632. The number of amides is 2. The summed E-state index contributed by atoms with van der Waals surface area (Å²) in [6, 6.07) is 7.19. The second kappa shape index (κ2) is 7.96. The molecule has 1 aromatic heterocycles. The number of likely N-dealkylation sites (N-methyl/N-ethyl adjacent to an activating group) is 1. The lowest BCUT2D eigenvalue weighted by Crippen LogP contribution is -2.36. The molecule has 0 radical (unpaired) electrons. The van der Waals surface area contributed by atoms with Crippen molar-refractivity contribution in [2.45, 2.75) is 40.3 Å². The molecule has 2 aromatic rings. The number of rotatable bonds is 7. The van der Waals surface area contributed by atoms with Gasteiger partial charge in [-0.1, -0.05) is 18.2 Å². The van der Waals surface area contributed by atoms with Crippen LogP contribution in [0.25, 0.3) is 10.9 Å². The van der Waals surface area contributed by atoms with Crippen LogP contribution in [0.1, 0.15) is 38.1 Å². The highest BCUT2D eigenvalue weighted by Crippen LogP contribution is 2.22. The fraction of sp³-hybridized carbons (Fsp3) is 0.421. The van der Waals surface area contributed by atoms with Gasteiger partial charge < -0.3 is 14.8 Å². The van der Waals surface area contributed by atoms with Gasteiger partial charge in [0.05, 0.1) is 5.56 Å². The molecule has 6 heteroatoms. The Morgan fingerprint density at radius 1 is 1.12 bits per heavy atom. The van der Waals surface area contributed by atoms with Gasteiger partial charge >= 0.3 is 0 Å². The van der Waals surface area contributed by atoms with Gasteiger partial charge in [-0.05, 0) is 33.8 Å². The summed E-state index contributed by atoms with van der Waals surface area (Å²) in [5.41, 5.74) is 1.09. The first kappa shape index (κ1) is 18.7. The van der Waals surface area contributed by atoms with Gasteiger partial charge in [-0.25, -0.2) is 0 Å². The molecule has 2 amide bonds. The van der Waals surface area contributed by atoms with Gasteiger partial charge in [0.25, 0.3) is 11.7 Å². The largest absolute Gasteiger partial charge is 0.347 e. The summed E-state index contributed by atoms with van der Waals surface area (Å²) < 4.78 is 1.74. The molecule has 0 aliphatic heterocycles. The molecular weight excluding hydrogens is 318 g/mol. The van der Waals surface area contributed by atoms with Gasteiger partial charge in [-0.3, -0.25) is 14.4 Å². The SMILES string of the molecule is CCN(CC)C(=O)Cn1cc(C(=O)C(=O)NC(C)C)c2ccccc21. The number of fused-ring (bicyclic) bond motifs is 1. The molecule has 2 rings (SSSR count). The van der Waals surface area contributed by atoms with Crippen LogP contribution in [0.3, 0.4) is 0 Å². The van der Waals surface area contributed by atoms with E-state index in [9.17, 15) is 14.4 Å². The number of aromatic nitrogens is 1. The van der Waals surface area contributed by atoms with Crippen LogP contribution >= 0.6 is 0 Å². The van der Waals surface area contributed by atoms with E-state index >= 15 is 0 Å². The zero-order valence-electron chi connectivity index (χ0n) is 15.2.